The highest BCUT2D eigenvalue weighted by atomic mass is 16.5. The molecule has 0 aromatic heterocycles. The largest absolute Gasteiger partial charge is 0.393 e. The zero-order valence-electron chi connectivity index (χ0n) is 13.2. The number of aliphatic hydroxyl groups excluding tert-OH is 1. The van der Waals surface area contributed by atoms with E-state index in [1.807, 2.05) is 11.0 Å². The van der Waals surface area contributed by atoms with Gasteiger partial charge in [-0.25, -0.2) is 0 Å². The highest BCUT2D eigenvalue weighted by molar-refractivity contribution is 5.89. The molecule has 3 atom stereocenters. The van der Waals surface area contributed by atoms with Crippen LogP contribution in [0.4, 0.5) is 0 Å². The Morgan fingerprint density at radius 1 is 1.09 bits per heavy atom. The number of hydrogen-bond acceptors (Lipinski definition) is 3. The maximum Gasteiger partial charge on any atom is 0.246 e. The van der Waals surface area contributed by atoms with Crippen LogP contribution in [0, 0.1) is 17.8 Å². The number of ether oxygens (including phenoxy) is 1. The van der Waals surface area contributed by atoms with Crippen molar-refractivity contribution in [1.29, 1.82) is 0 Å². The minimum absolute atomic E-state index is 0.0645. The lowest BCUT2D eigenvalue weighted by atomic mass is 9.94. The van der Waals surface area contributed by atoms with Crippen LogP contribution in [0.15, 0.2) is 11.6 Å². The molecule has 1 amide bonds. The number of hydrogen-bond donors (Lipinski definition) is 1. The van der Waals surface area contributed by atoms with Crippen LogP contribution in [-0.2, 0) is 9.53 Å². The molecule has 0 unspecified atom stereocenters. The molecule has 1 heterocycles. The van der Waals surface area contributed by atoms with Gasteiger partial charge in [0.05, 0.1) is 25.4 Å². The second-order valence-electron chi connectivity index (χ2n) is 7.53. The molecule has 0 radical (unpaired) electrons. The zero-order chi connectivity index (χ0) is 15.1. The van der Waals surface area contributed by atoms with Crippen molar-refractivity contribution in [3.8, 4) is 0 Å². The maximum absolute atomic E-state index is 12.9. The maximum atomic E-state index is 12.9. The van der Waals surface area contributed by atoms with Crippen LogP contribution in [0.3, 0.4) is 0 Å². The lowest BCUT2D eigenvalue weighted by molar-refractivity contribution is -0.138. The van der Waals surface area contributed by atoms with Gasteiger partial charge in [-0.1, -0.05) is 12.0 Å². The molecule has 0 aromatic carbocycles. The third-order valence-corrected chi connectivity index (χ3v) is 5.86. The van der Waals surface area contributed by atoms with Crippen molar-refractivity contribution in [2.75, 3.05) is 19.8 Å². The van der Waals surface area contributed by atoms with Gasteiger partial charge in [0, 0.05) is 18.5 Å². The predicted molar refractivity (Wildman–Crippen MR) is 83.2 cm³/mol. The first-order valence-electron chi connectivity index (χ1n) is 9.02. The second-order valence-corrected chi connectivity index (χ2v) is 7.53. The van der Waals surface area contributed by atoms with E-state index < -0.39 is 0 Å². The predicted octanol–water partition coefficient (Wildman–Crippen LogP) is 2.12. The van der Waals surface area contributed by atoms with Crippen LogP contribution in [0.5, 0.6) is 0 Å². The molecule has 1 N–H and O–H groups in total. The molecule has 4 aliphatic rings. The minimum atomic E-state index is -0.266. The van der Waals surface area contributed by atoms with Gasteiger partial charge in [-0.15, -0.1) is 0 Å². The van der Waals surface area contributed by atoms with Crippen LogP contribution in [-0.4, -0.2) is 47.8 Å². The molecule has 4 fully saturated rings. The fourth-order valence-electron chi connectivity index (χ4n) is 4.30. The molecule has 0 spiro atoms. The van der Waals surface area contributed by atoms with E-state index in [9.17, 15) is 9.90 Å². The van der Waals surface area contributed by atoms with Gasteiger partial charge in [-0.3, -0.25) is 4.79 Å². The molecule has 4 rings (SSSR count). The molecule has 4 heteroatoms. The average Bonchev–Trinajstić information content (AvgIpc) is 3.44. The molecular weight excluding hydrogens is 278 g/mol. The van der Waals surface area contributed by atoms with Gasteiger partial charge in [0.1, 0.15) is 0 Å². The summed E-state index contributed by atoms with van der Waals surface area (Å²) in [5.74, 6) is 1.74. The topological polar surface area (TPSA) is 49.8 Å². The van der Waals surface area contributed by atoms with Crippen molar-refractivity contribution in [3.05, 3.63) is 11.6 Å². The van der Waals surface area contributed by atoms with Crippen molar-refractivity contribution in [3.63, 3.8) is 0 Å². The fraction of sp³-hybridized carbons (Fsp3) is 0.833. The Morgan fingerprint density at radius 3 is 2.41 bits per heavy atom. The zero-order valence-corrected chi connectivity index (χ0v) is 13.2. The molecule has 122 valence electrons. The Bertz CT molecular complexity index is 453. The molecular formula is C18H27NO3. The van der Waals surface area contributed by atoms with E-state index in [0.717, 1.165) is 19.3 Å². The Kier molecular flexibility index (Phi) is 3.99. The van der Waals surface area contributed by atoms with Gasteiger partial charge >= 0.3 is 0 Å². The van der Waals surface area contributed by atoms with E-state index in [0.29, 0.717) is 31.6 Å². The number of amides is 1. The van der Waals surface area contributed by atoms with Crippen molar-refractivity contribution in [2.24, 2.45) is 17.8 Å². The van der Waals surface area contributed by atoms with Crippen molar-refractivity contribution in [1.82, 2.24) is 4.90 Å². The molecule has 1 saturated heterocycles. The number of rotatable bonds is 4. The summed E-state index contributed by atoms with van der Waals surface area (Å²) in [5, 5.41) is 10.2. The van der Waals surface area contributed by atoms with Crippen LogP contribution in [0.2, 0.25) is 0 Å². The van der Waals surface area contributed by atoms with Crippen LogP contribution >= 0.6 is 0 Å². The number of nitrogens with zero attached hydrogens (tertiary/aromatic N) is 1. The Balaban J connectivity index is 1.50. The molecule has 22 heavy (non-hydrogen) atoms. The van der Waals surface area contributed by atoms with E-state index in [1.54, 1.807) is 0 Å². The first-order chi connectivity index (χ1) is 10.7. The standard InChI is InChI=1S/C18H27NO3/c20-17-3-1-2-14(17)16-11-22-9-8-19(16)18(21)10-15(12-4-5-12)13-6-7-13/h10,12-14,16-17,20H,1-9,11H2/t14-,16+,17-/m0/s1. The molecule has 0 aromatic rings. The normalized spacial score (nSPS) is 35.5. The van der Waals surface area contributed by atoms with E-state index in [2.05, 4.69) is 0 Å². The summed E-state index contributed by atoms with van der Waals surface area (Å²) in [5.41, 5.74) is 1.42. The van der Waals surface area contributed by atoms with Crippen molar-refractivity contribution >= 4 is 5.91 Å². The molecule has 0 bridgehead atoms. The van der Waals surface area contributed by atoms with E-state index >= 15 is 0 Å². The highest BCUT2D eigenvalue weighted by Crippen LogP contribution is 2.48. The molecule has 4 nitrogen and oxygen atoms in total. The summed E-state index contributed by atoms with van der Waals surface area (Å²) in [6, 6.07) is 0.0645. The third kappa shape index (κ3) is 2.95. The smallest absolute Gasteiger partial charge is 0.246 e. The number of carbonyl (C=O) groups excluding carboxylic acids is 1. The number of carbonyl (C=O) groups is 1. The number of allylic oxidation sites excluding steroid dienone is 1. The minimum Gasteiger partial charge on any atom is -0.393 e. The third-order valence-electron chi connectivity index (χ3n) is 5.86. The lowest BCUT2D eigenvalue weighted by Crippen LogP contribution is -2.53. The monoisotopic (exact) mass is 305 g/mol. The van der Waals surface area contributed by atoms with Gasteiger partial charge in [0.15, 0.2) is 0 Å². The summed E-state index contributed by atoms with van der Waals surface area (Å²) >= 11 is 0. The van der Waals surface area contributed by atoms with Crippen molar-refractivity contribution < 1.29 is 14.6 Å². The van der Waals surface area contributed by atoms with E-state index in [1.165, 1.54) is 31.3 Å². The van der Waals surface area contributed by atoms with Gasteiger partial charge in [-0.2, -0.15) is 0 Å². The molecule has 3 aliphatic carbocycles. The Hall–Kier alpha value is -0.870. The van der Waals surface area contributed by atoms with Gasteiger partial charge in [0.2, 0.25) is 5.91 Å². The first-order valence-corrected chi connectivity index (χ1v) is 9.02. The van der Waals surface area contributed by atoms with E-state index in [-0.39, 0.29) is 24.0 Å². The number of morpholine rings is 1. The van der Waals surface area contributed by atoms with Crippen LogP contribution in [0.1, 0.15) is 44.9 Å². The molecule has 1 aliphatic heterocycles. The van der Waals surface area contributed by atoms with Crippen LogP contribution in [0.25, 0.3) is 0 Å². The van der Waals surface area contributed by atoms with E-state index in [4.69, 9.17) is 4.74 Å². The molecule has 3 saturated carbocycles. The first kappa shape index (κ1) is 14.7. The van der Waals surface area contributed by atoms with Gasteiger partial charge in [0.25, 0.3) is 0 Å². The summed E-state index contributed by atoms with van der Waals surface area (Å²) in [7, 11) is 0. The SMILES string of the molecule is O=C(C=C(C1CC1)C1CC1)N1CCOC[C@@H]1[C@@H]1CCC[C@@H]1O. The fourth-order valence-corrected chi connectivity index (χ4v) is 4.30. The van der Waals surface area contributed by atoms with Gasteiger partial charge in [-0.05, 0) is 50.4 Å². The Morgan fingerprint density at radius 2 is 1.82 bits per heavy atom. The summed E-state index contributed by atoms with van der Waals surface area (Å²) in [6.45, 7) is 1.89. The highest BCUT2D eigenvalue weighted by Gasteiger charge is 2.41. The van der Waals surface area contributed by atoms with Crippen molar-refractivity contribution in [2.45, 2.75) is 57.1 Å². The average molecular weight is 305 g/mol. The quantitative estimate of drug-likeness (QED) is 0.810. The Labute approximate surface area is 132 Å². The van der Waals surface area contributed by atoms with Crippen LogP contribution < -0.4 is 0 Å². The summed E-state index contributed by atoms with van der Waals surface area (Å²) < 4.78 is 5.62. The second kappa shape index (κ2) is 5.97. The number of aliphatic hydroxyl groups is 1. The van der Waals surface area contributed by atoms with Gasteiger partial charge < -0.3 is 14.7 Å². The summed E-state index contributed by atoms with van der Waals surface area (Å²) in [6.07, 6.45) is 9.71. The summed E-state index contributed by atoms with van der Waals surface area (Å²) in [4.78, 5) is 14.9. The lowest BCUT2D eigenvalue weighted by Gasteiger charge is -2.39.